The second-order valence-corrected chi connectivity index (χ2v) is 11.2. The highest BCUT2D eigenvalue weighted by Gasteiger charge is 2.30. The van der Waals surface area contributed by atoms with E-state index < -0.39 is 0 Å². The van der Waals surface area contributed by atoms with Gasteiger partial charge in [0, 0.05) is 49.0 Å². The fourth-order valence-electron chi connectivity index (χ4n) is 4.21. The molecular formula is C31H50N4. The Kier molecular flexibility index (Phi) is 12.3. The molecule has 1 fully saturated rings. The predicted octanol–water partition coefficient (Wildman–Crippen LogP) is 6.44. The Morgan fingerprint density at radius 3 is 2.14 bits per heavy atom. The summed E-state index contributed by atoms with van der Waals surface area (Å²) >= 11 is 0. The van der Waals surface area contributed by atoms with E-state index in [1.54, 1.807) is 0 Å². The summed E-state index contributed by atoms with van der Waals surface area (Å²) in [6.45, 7) is 30.0. The van der Waals surface area contributed by atoms with Gasteiger partial charge >= 0.3 is 0 Å². The van der Waals surface area contributed by atoms with E-state index in [1.165, 1.54) is 16.3 Å². The molecule has 1 saturated heterocycles. The van der Waals surface area contributed by atoms with Gasteiger partial charge in [0.2, 0.25) is 0 Å². The van der Waals surface area contributed by atoms with E-state index in [1.807, 2.05) is 0 Å². The lowest BCUT2D eigenvalue weighted by Gasteiger charge is -2.25. The molecule has 0 aliphatic carbocycles. The van der Waals surface area contributed by atoms with Gasteiger partial charge in [0.05, 0.1) is 0 Å². The topological polar surface area (TPSA) is 67.3 Å². The highest BCUT2D eigenvalue weighted by molar-refractivity contribution is 5.82. The lowest BCUT2D eigenvalue weighted by Crippen LogP contribution is -2.32. The van der Waals surface area contributed by atoms with Crippen molar-refractivity contribution in [1.82, 2.24) is 10.2 Å². The van der Waals surface area contributed by atoms with Gasteiger partial charge in [-0.15, -0.1) is 13.2 Å². The molecule has 35 heavy (non-hydrogen) atoms. The van der Waals surface area contributed by atoms with Crippen LogP contribution >= 0.6 is 0 Å². The van der Waals surface area contributed by atoms with Crippen LogP contribution in [0.2, 0.25) is 0 Å². The average molecular weight is 479 g/mol. The van der Waals surface area contributed by atoms with Crippen LogP contribution in [0.4, 0.5) is 0 Å². The van der Waals surface area contributed by atoms with Gasteiger partial charge in [0.25, 0.3) is 0 Å². The molecule has 3 unspecified atom stereocenters. The van der Waals surface area contributed by atoms with Crippen molar-refractivity contribution in [2.45, 2.75) is 66.6 Å². The number of hydrogen-bond acceptors (Lipinski definition) is 4. The van der Waals surface area contributed by atoms with E-state index in [0.717, 1.165) is 31.8 Å². The highest BCUT2D eigenvalue weighted by atomic mass is 15.2. The van der Waals surface area contributed by atoms with E-state index in [2.05, 4.69) is 121 Å². The van der Waals surface area contributed by atoms with Crippen LogP contribution in [0.1, 0.15) is 53.5 Å². The van der Waals surface area contributed by atoms with E-state index in [4.69, 9.17) is 11.5 Å². The number of benzene rings is 2. The molecule has 0 amide bonds. The molecule has 1 aliphatic rings. The number of nitrogens with two attached hydrogens (primary N) is 2. The SMILES string of the molecule is C=C.C=C(CC(C)(C)C)NC(C)C(C)C.C=C(N)C1CN(Cc2ccc3ccccc3c2)CC1N. The molecule has 0 radical (unpaired) electrons. The van der Waals surface area contributed by atoms with Crippen molar-refractivity contribution in [3.63, 3.8) is 0 Å². The lowest BCUT2D eigenvalue weighted by molar-refractivity contribution is 0.320. The maximum absolute atomic E-state index is 6.13. The summed E-state index contributed by atoms with van der Waals surface area (Å²) in [5.41, 5.74) is 15.5. The summed E-state index contributed by atoms with van der Waals surface area (Å²) < 4.78 is 0. The number of nitrogens with one attached hydrogen (secondary N) is 1. The minimum Gasteiger partial charge on any atom is -0.402 e. The largest absolute Gasteiger partial charge is 0.402 e. The van der Waals surface area contributed by atoms with Crippen LogP contribution in [0.3, 0.4) is 0 Å². The van der Waals surface area contributed by atoms with Crippen molar-refractivity contribution in [2.75, 3.05) is 13.1 Å². The van der Waals surface area contributed by atoms with Crippen molar-refractivity contribution in [3.05, 3.63) is 85.7 Å². The Morgan fingerprint density at radius 2 is 1.63 bits per heavy atom. The summed E-state index contributed by atoms with van der Waals surface area (Å²) in [6.07, 6.45) is 1.05. The molecule has 0 bridgehead atoms. The van der Waals surface area contributed by atoms with Gasteiger partial charge in [-0.3, -0.25) is 4.90 Å². The van der Waals surface area contributed by atoms with Crippen molar-refractivity contribution in [1.29, 1.82) is 0 Å². The minimum atomic E-state index is 0.105. The Balaban J connectivity index is 0.000000357. The van der Waals surface area contributed by atoms with Crippen LogP contribution in [0.15, 0.2) is 80.2 Å². The number of rotatable bonds is 7. The first-order valence-corrected chi connectivity index (χ1v) is 12.7. The quantitative estimate of drug-likeness (QED) is 0.400. The first kappa shape index (κ1) is 30.5. The van der Waals surface area contributed by atoms with Gasteiger partial charge in [-0.25, -0.2) is 0 Å². The summed E-state index contributed by atoms with van der Waals surface area (Å²) in [7, 11) is 0. The van der Waals surface area contributed by atoms with Gasteiger partial charge in [-0.1, -0.05) is 84.2 Å². The maximum atomic E-state index is 6.13. The van der Waals surface area contributed by atoms with Crippen molar-refractivity contribution < 1.29 is 0 Å². The maximum Gasteiger partial charge on any atom is 0.0270 e. The summed E-state index contributed by atoms with van der Waals surface area (Å²) in [4.78, 5) is 2.36. The molecular weight excluding hydrogens is 428 g/mol. The van der Waals surface area contributed by atoms with Gasteiger partial charge in [0.1, 0.15) is 0 Å². The van der Waals surface area contributed by atoms with E-state index in [9.17, 15) is 0 Å². The zero-order valence-corrected chi connectivity index (χ0v) is 23.1. The third-order valence-corrected chi connectivity index (χ3v) is 6.31. The van der Waals surface area contributed by atoms with E-state index in [-0.39, 0.29) is 12.0 Å². The van der Waals surface area contributed by atoms with Crippen molar-refractivity contribution >= 4 is 10.8 Å². The number of likely N-dealkylation sites (tertiary alicyclic amines) is 1. The van der Waals surface area contributed by atoms with Gasteiger partial charge < -0.3 is 16.8 Å². The molecule has 0 aromatic heterocycles. The molecule has 5 N–H and O–H groups in total. The third-order valence-electron chi connectivity index (χ3n) is 6.31. The zero-order valence-electron chi connectivity index (χ0n) is 23.1. The molecule has 2 aromatic rings. The normalized spacial score (nSPS) is 18.7. The average Bonchev–Trinajstić information content (AvgIpc) is 3.14. The highest BCUT2D eigenvalue weighted by Crippen LogP contribution is 2.23. The Labute approximate surface area is 215 Å². The van der Waals surface area contributed by atoms with Crippen LogP contribution in [0.5, 0.6) is 0 Å². The Hall–Kier alpha value is -2.56. The predicted molar refractivity (Wildman–Crippen MR) is 156 cm³/mol. The molecule has 1 heterocycles. The van der Waals surface area contributed by atoms with Crippen molar-refractivity contribution in [2.24, 2.45) is 28.7 Å². The smallest absolute Gasteiger partial charge is 0.0270 e. The van der Waals surface area contributed by atoms with Crippen LogP contribution in [0.25, 0.3) is 10.8 Å². The molecule has 1 aliphatic heterocycles. The van der Waals surface area contributed by atoms with Crippen LogP contribution < -0.4 is 16.8 Å². The lowest BCUT2D eigenvalue weighted by atomic mass is 9.90. The summed E-state index contributed by atoms with van der Waals surface area (Å²) in [6, 6.07) is 15.7. The van der Waals surface area contributed by atoms with Crippen LogP contribution in [-0.4, -0.2) is 30.1 Å². The second kappa shape index (κ2) is 14.1. The first-order valence-electron chi connectivity index (χ1n) is 12.7. The molecule has 2 aromatic carbocycles. The molecule has 4 heteroatoms. The van der Waals surface area contributed by atoms with E-state index >= 15 is 0 Å². The molecule has 4 nitrogen and oxygen atoms in total. The van der Waals surface area contributed by atoms with Crippen LogP contribution in [-0.2, 0) is 6.54 Å². The van der Waals surface area contributed by atoms with Gasteiger partial charge in [-0.05, 0) is 47.1 Å². The van der Waals surface area contributed by atoms with E-state index in [0.29, 0.717) is 23.1 Å². The molecule has 3 atom stereocenters. The first-order chi connectivity index (χ1) is 16.4. The standard InChI is InChI=1S/C17H21N3.C12H25N.C2H4/c1-12(18)16-10-20(11-17(16)19)9-13-6-7-14-4-2-3-5-15(14)8-13;1-9(2)11(4)13-10(3)8-12(5,6)7;1-2/h2-8,16-17H,1,9-11,18-19H2;9,11,13H,3,8H2,1-2,4-7H3;1-2H2. The molecule has 0 spiro atoms. The van der Waals surface area contributed by atoms with Crippen LogP contribution in [0, 0.1) is 17.3 Å². The number of hydrogen-bond donors (Lipinski definition) is 3. The fraction of sp³-hybridized carbons (Fsp3) is 0.484. The number of nitrogens with zero attached hydrogens (tertiary/aromatic N) is 1. The fourth-order valence-corrected chi connectivity index (χ4v) is 4.21. The minimum absolute atomic E-state index is 0.105. The second-order valence-electron chi connectivity index (χ2n) is 11.2. The molecule has 194 valence electrons. The van der Waals surface area contributed by atoms with Crippen molar-refractivity contribution in [3.8, 4) is 0 Å². The Morgan fingerprint density at radius 1 is 1.03 bits per heavy atom. The Bertz CT molecular complexity index is 940. The molecule has 0 saturated carbocycles. The zero-order chi connectivity index (χ0) is 26.8. The van der Waals surface area contributed by atoms with Gasteiger partial charge in [0.15, 0.2) is 0 Å². The monoisotopic (exact) mass is 478 g/mol. The third kappa shape index (κ3) is 10.7. The van der Waals surface area contributed by atoms with Gasteiger partial charge in [-0.2, -0.15) is 0 Å². The summed E-state index contributed by atoms with van der Waals surface area (Å²) in [5.74, 6) is 0.882. The molecule has 3 rings (SSSR count). The summed E-state index contributed by atoms with van der Waals surface area (Å²) in [5, 5.41) is 6.01. The number of fused-ring (bicyclic) bond motifs is 1. The number of allylic oxidation sites excluding steroid dienone is 1.